The van der Waals surface area contributed by atoms with Crippen LogP contribution >= 0.6 is 0 Å². The molecule has 0 unspecified atom stereocenters. The van der Waals surface area contributed by atoms with Crippen LogP contribution in [0.1, 0.15) is 32.4 Å². The molecule has 1 aliphatic heterocycles. The van der Waals surface area contributed by atoms with Crippen LogP contribution in [0.15, 0.2) is 42.1 Å². The summed E-state index contributed by atoms with van der Waals surface area (Å²) in [5, 5.41) is 5.37. The largest absolute Gasteiger partial charge is 0.493 e. The first-order valence-corrected chi connectivity index (χ1v) is 8.28. The molecule has 2 N–H and O–H groups in total. The maximum atomic E-state index is 12.5. The van der Waals surface area contributed by atoms with Crippen molar-refractivity contribution in [3.8, 4) is 11.5 Å². The highest BCUT2D eigenvalue weighted by molar-refractivity contribution is 5.95. The normalized spacial score (nSPS) is 16.7. The Labute approximate surface area is 153 Å². The average Bonchev–Trinajstić information content (AvgIpc) is 2.58. The number of hydrogen-bond acceptors (Lipinski definition) is 5. The average molecular weight is 360 g/mol. The molecule has 2 rings (SSSR count). The van der Waals surface area contributed by atoms with Crippen molar-refractivity contribution >= 4 is 12.0 Å². The first-order chi connectivity index (χ1) is 12.4. The van der Waals surface area contributed by atoms with E-state index in [9.17, 15) is 9.59 Å². The van der Waals surface area contributed by atoms with Gasteiger partial charge in [0.15, 0.2) is 11.5 Å². The van der Waals surface area contributed by atoms with Gasteiger partial charge in [-0.3, -0.25) is 0 Å². The van der Waals surface area contributed by atoms with Crippen LogP contribution < -0.4 is 20.1 Å². The predicted octanol–water partition coefficient (Wildman–Crippen LogP) is 2.84. The summed E-state index contributed by atoms with van der Waals surface area (Å²) in [5.74, 6) is 0.552. The maximum Gasteiger partial charge on any atom is 0.338 e. The Morgan fingerprint density at radius 3 is 2.69 bits per heavy atom. The zero-order valence-corrected chi connectivity index (χ0v) is 15.4. The number of carbonyl (C=O) groups excluding carboxylic acids is 2. The third-order valence-corrected chi connectivity index (χ3v) is 3.71. The van der Waals surface area contributed by atoms with E-state index in [1.165, 1.54) is 7.11 Å². The highest BCUT2D eigenvalue weighted by Gasteiger charge is 2.33. The number of nitrogens with one attached hydrogen (secondary N) is 2. The summed E-state index contributed by atoms with van der Waals surface area (Å²) in [5.41, 5.74) is 1.48. The number of ether oxygens (including phenoxy) is 3. The molecular formula is C19H24N2O5. The minimum absolute atomic E-state index is 0.273. The van der Waals surface area contributed by atoms with Gasteiger partial charge in [-0.1, -0.05) is 18.7 Å². The zero-order valence-electron chi connectivity index (χ0n) is 15.4. The highest BCUT2D eigenvalue weighted by atomic mass is 16.5. The molecule has 1 heterocycles. The standard InChI is InChI=1S/C19H24N2O5/c1-6-9-25-14-8-7-13(10-15(14)24-5)17-16(18(22)26-11(2)3)12(4)20-19(23)21-17/h6-8,10-11,17H,1,9H2,2-5H3,(H2,20,21,23)/t17-/m1/s1. The van der Waals surface area contributed by atoms with E-state index in [0.717, 1.165) is 0 Å². The number of rotatable bonds is 7. The molecule has 2 amide bonds. The van der Waals surface area contributed by atoms with Gasteiger partial charge >= 0.3 is 12.0 Å². The van der Waals surface area contributed by atoms with E-state index < -0.39 is 12.0 Å². The van der Waals surface area contributed by atoms with Gasteiger partial charge in [0.1, 0.15) is 6.61 Å². The number of benzene rings is 1. The zero-order chi connectivity index (χ0) is 19.3. The maximum absolute atomic E-state index is 12.5. The van der Waals surface area contributed by atoms with Crippen molar-refractivity contribution in [2.75, 3.05) is 13.7 Å². The fourth-order valence-corrected chi connectivity index (χ4v) is 2.62. The van der Waals surface area contributed by atoms with Crippen molar-refractivity contribution in [2.24, 2.45) is 0 Å². The molecule has 1 aromatic carbocycles. The molecule has 0 radical (unpaired) electrons. The Morgan fingerprint density at radius 2 is 2.08 bits per heavy atom. The van der Waals surface area contributed by atoms with Crippen molar-refractivity contribution in [3.63, 3.8) is 0 Å². The van der Waals surface area contributed by atoms with E-state index in [-0.39, 0.29) is 12.1 Å². The summed E-state index contributed by atoms with van der Waals surface area (Å²) >= 11 is 0. The van der Waals surface area contributed by atoms with Crippen LogP contribution in [-0.4, -0.2) is 31.8 Å². The number of urea groups is 1. The number of amides is 2. The van der Waals surface area contributed by atoms with Gasteiger partial charge in [0.25, 0.3) is 0 Å². The van der Waals surface area contributed by atoms with Crippen LogP contribution in [0.3, 0.4) is 0 Å². The Balaban J connectivity index is 2.42. The fraction of sp³-hybridized carbons (Fsp3) is 0.368. The number of carbonyl (C=O) groups is 2. The van der Waals surface area contributed by atoms with E-state index in [1.807, 2.05) is 0 Å². The molecule has 0 spiro atoms. The highest BCUT2D eigenvalue weighted by Crippen LogP contribution is 2.34. The van der Waals surface area contributed by atoms with Gasteiger partial charge in [-0.05, 0) is 38.5 Å². The van der Waals surface area contributed by atoms with Crippen molar-refractivity contribution in [3.05, 3.63) is 47.7 Å². The number of allylic oxidation sites excluding steroid dienone is 1. The number of hydrogen-bond donors (Lipinski definition) is 2. The molecule has 0 saturated heterocycles. The van der Waals surface area contributed by atoms with E-state index in [1.54, 1.807) is 45.0 Å². The molecule has 140 valence electrons. The molecule has 0 fully saturated rings. The van der Waals surface area contributed by atoms with E-state index in [2.05, 4.69) is 17.2 Å². The Bertz CT molecular complexity index is 739. The summed E-state index contributed by atoms with van der Waals surface area (Å²) in [7, 11) is 1.52. The SMILES string of the molecule is C=CCOc1ccc([C@H]2NC(=O)NC(C)=C2C(=O)OC(C)C)cc1OC. The van der Waals surface area contributed by atoms with E-state index >= 15 is 0 Å². The molecule has 1 aromatic rings. The van der Waals surface area contributed by atoms with Crippen LogP contribution in [0.4, 0.5) is 4.79 Å². The lowest BCUT2D eigenvalue weighted by atomic mass is 9.95. The summed E-state index contributed by atoms with van der Waals surface area (Å²) in [4.78, 5) is 24.5. The lowest BCUT2D eigenvalue weighted by Gasteiger charge is -2.29. The van der Waals surface area contributed by atoms with Crippen molar-refractivity contribution in [2.45, 2.75) is 32.9 Å². The molecule has 7 nitrogen and oxygen atoms in total. The first kappa shape index (κ1) is 19.4. The molecule has 1 aliphatic rings. The van der Waals surface area contributed by atoms with Gasteiger partial charge in [-0.25, -0.2) is 9.59 Å². The predicted molar refractivity (Wildman–Crippen MR) is 97.0 cm³/mol. The van der Waals surface area contributed by atoms with Crippen LogP contribution in [0.2, 0.25) is 0 Å². The molecular weight excluding hydrogens is 336 g/mol. The molecule has 0 aromatic heterocycles. The van der Waals surface area contributed by atoms with Gasteiger partial charge in [0, 0.05) is 5.70 Å². The summed E-state index contributed by atoms with van der Waals surface area (Å²) < 4.78 is 16.2. The molecule has 1 atom stereocenters. The third kappa shape index (κ3) is 4.36. The van der Waals surface area contributed by atoms with Crippen LogP contribution in [0, 0.1) is 0 Å². The van der Waals surface area contributed by atoms with Crippen LogP contribution in [0.25, 0.3) is 0 Å². The second-order valence-corrected chi connectivity index (χ2v) is 6.03. The minimum atomic E-state index is -0.655. The van der Waals surface area contributed by atoms with Crippen molar-refractivity contribution in [1.29, 1.82) is 0 Å². The minimum Gasteiger partial charge on any atom is -0.493 e. The van der Waals surface area contributed by atoms with E-state index in [0.29, 0.717) is 34.9 Å². The van der Waals surface area contributed by atoms with Crippen LogP contribution in [-0.2, 0) is 9.53 Å². The summed E-state index contributed by atoms with van der Waals surface area (Å²) in [6.07, 6.45) is 1.36. The Morgan fingerprint density at radius 1 is 1.35 bits per heavy atom. The Hall–Kier alpha value is -2.96. The lowest BCUT2D eigenvalue weighted by Crippen LogP contribution is -2.45. The van der Waals surface area contributed by atoms with Crippen LogP contribution in [0.5, 0.6) is 11.5 Å². The quantitative estimate of drug-likeness (QED) is 0.577. The molecule has 0 saturated carbocycles. The van der Waals surface area contributed by atoms with Gasteiger partial charge in [-0.2, -0.15) is 0 Å². The molecule has 26 heavy (non-hydrogen) atoms. The second-order valence-electron chi connectivity index (χ2n) is 6.03. The van der Waals surface area contributed by atoms with Gasteiger partial charge < -0.3 is 24.8 Å². The number of esters is 1. The third-order valence-electron chi connectivity index (χ3n) is 3.71. The smallest absolute Gasteiger partial charge is 0.338 e. The molecule has 0 aliphatic carbocycles. The topological polar surface area (TPSA) is 85.9 Å². The fourth-order valence-electron chi connectivity index (χ4n) is 2.62. The van der Waals surface area contributed by atoms with Gasteiger partial charge in [0.05, 0.1) is 24.8 Å². The van der Waals surface area contributed by atoms with E-state index in [4.69, 9.17) is 14.2 Å². The van der Waals surface area contributed by atoms with Crippen molar-refractivity contribution < 1.29 is 23.8 Å². The first-order valence-electron chi connectivity index (χ1n) is 8.28. The molecule has 7 heteroatoms. The van der Waals surface area contributed by atoms with Gasteiger partial charge in [0.2, 0.25) is 0 Å². The van der Waals surface area contributed by atoms with Crippen molar-refractivity contribution in [1.82, 2.24) is 10.6 Å². The Kier molecular flexibility index (Phi) is 6.27. The lowest BCUT2D eigenvalue weighted by molar-refractivity contribution is -0.143. The summed E-state index contributed by atoms with van der Waals surface area (Å²) in [6, 6.07) is 4.18. The summed E-state index contributed by atoms with van der Waals surface area (Å²) in [6.45, 7) is 9.16. The monoisotopic (exact) mass is 360 g/mol. The number of methoxy groups -OCH3 is 1. The molecule has 0 bridgehead atoms. The second kappa shape index (κ2) is 8.42. The van der Waals surface area contributed by atoms with Gasteiger partial charge in [-0.15, -0.1) is 0 Å².